The molecule has 0 saturated carbocycles. The largest absolute Gasteiger partial charge is 0.373 e. The second-order valence-corrected chi connectivity index (χ2v) is 5.80. The number of carbonyl (C=O) groups excluding carboxylic acids is 1. The summed E-state index contributed by atoms with van der Waals surface area (Å²) in [5, 5.41) is 9.65. The maximum atomic E-state index is 13.6. The lowest BCUT2D eigenvalue weighted by Crippen LogP contribution is -2.35. The first kappa shape index (κ1) is 15.7. The second-order valence-electron chi connectivity index (χ2n) is 5.80. The molecule has 2 atom stereocenters. The summed E-state index contributed by atoms with van der Waals surface area (Å²) >= 11 is 0. The van der Waals surface area contributed by atoms with Crippen LogP contribution in [0.3, 0.4) is 0 Å². The summed E-state index contributed by atoms with van der Waals surface area (Å²) in [4.78, 5) is 12.1. The van der Waals surface area contributed by atoms with Crippen molar-refractivity contribution in [2.24, 2.45) is 5.92 Å². The Kier molecular flexibility index (Phi) is 5.02. The standard InChI is InChI=1S/C17H20FN3O2/c18-15-6-2-1-4-12(15)8-16(22)19-9-13-5-3-7-23-17(13)14-10-20-21-11-14/h1-2,4,6,10-11,13,17H,3,5,7-9H2,(H,19,22)(H,20,21)/t13-,17+/m0/s1. The van der Waals surface area contributed by atoms with Crippen molar-refractivity contribution in [3.05, 3.63) is 53.6 Å². The zero-order valence-corrected chi connectivity index (χ0v) is 12.8. The number of ether oxygens (including phenoxy) is 1. The molecule has 2 N–H and O–H groups in total. The van der Waals surface area contributed by atoms with Crippen LogP contribution in [0.1, 0.15) is 30.1 Å². The number of carbonyl (C=O) groups is 1. The van der Waals surface area contributed by atoms with E-state index >= 15 is 0 Å². The van der Waals surface area contributed by atoms with E-state index in [9.17, 15) is 9.18 Å². The fourth-order valence-electron chi connectivity index (χ4n) is 2.96. The maximum absolute atomic E-state index is 13.6. The quantitative estimate of drug-likeness (QED) is 0.890. The van der Waals surface area contributed by atoms with Gasteiger partial charge in [-0.2, -0.15) is 5.10 Å². The number of amides is 1. The second kappa shape index (κ2) is 7.37. The average molecular weight is 317 g/mol. The summed E-state index contributed by atoms with van der Waals surface area (Å²) in [6, 6.07) is 6.35. The third-order valence-corrected chi connectivity index (χ3v) is 4.16. The van der Waals surface area contributed by atoms with Crippen molar-refractivity contribution in [3.8, 4) is 0 Å². The van der Waals surface area contributed by atoms with Crippen LogP contribution in [0, 0.1) is 11.7 Å². The minimum atomic E-state index is -0.347. The van der Waals surface area contributed by atoms with Crippen LogP contribution in [0.4, 0.5) is 4.39 Å². The third kappa shape index (κ3) is 3.96. The first-order chi connectivity index (χ1) is 11.2. The van der Waals surface area contributed by atoms with Crippen LogP contribution < -0.4 is 5.32 Å². The van der Waals surface area contributed by atoms with E-state index in [-0.39, 0.29) is 30.2 Å². The normalized spacial score (nSPS) is 21.1. The monoisotopic (exact) mass is 317 g/mol. The molecule has 0 aliphatic carbocycles. The van der Waals surface area contributed by atoms with Gasteiger partial charge in [0.2, 0.25) is 5.91 Å². The lowest BCUT2D eigenvalue weighted by molar-refractivity contribution is -0.121. The highest BCUT2D eigenvalue weighted by molar-refractivity contribution is 5.78. The Hall–Kier alpha value is -2.21. The van der Waals surface area contributed by atoms with Crippen molar-refractivity contribution < 1.29 is 13.9 Å². The predicted octanol–water partition coefficient (Wildman–Crippen LogP) is 2.38. The van der Waals surface area contributed by atoms with Gasteiger partial charge in [0.15, 0.2) is 0 Å². The van der Waals surface area contributed by atoms with Crippen LogP contribution >= 0.6 is 0 Å². The fourth-order valence-corrected chi connectivity index (χ4v) is 2.96. The Labute approximate surface area is 134 Å². The fraction of sp³-hybridized carbons (Fsp3) is 0.412. The van der Waals surface area contributed by atoms with Crippen LogP contribution in [0.25, 0.3) is 0 Å². The van der Waals surface area contributed by atoms with E-state index in [1.807, 2.05) is 6.20 Å². The van der Waals surface area contributed by atoms with Crippen LogP contribution in [-0.4, -0.2) is 29.3 Å². The van der Waals surface area contributed by atoms with E-state index in [1.54, 1.807) is 24.4 Å². The number of halogens is 1. The van der Waals surface area contributed by atoms with Crippen molar-refractivity contribution >= 4 is 5.91 Å². The molecule has 1 aromatic carbocycles. The lowest BCUT2D eigenvalue weighted by atomic mass is 9.91. The number of rotatable bonds is 5. The summed E-state index contributed by atoms with van der Waals surface area (Å²) in [7, 11) is 0. The van der Waals surface area contributed by atoms with Crippen molar-refractivity contribution in [1.29, 1.82) is 0 Å². The Bertz CT molecular complexity index is 645. The molecule has 1 saturated heterocycles. The summed E-state index contributed by atoms with van der Waals surface area (Å²) < 4.78 is 19.4. The molecule has 23 heavy (non-hydrogen) atoms. The Morgan fingerprint density at radius 3 is 3.09 bits per heavy atom. The lowest BCUT2D eigenvalue weighted by Gasteiger charge is -2.31. The topological polar surface area (TPSA) is 67.0 Å². The molecule has 1 fully saturated rings. The molecule has 5 nitrogen and oxygen atoms in total. The molecule has 0 unspecified atom stereocenters. The molecule has 122 valence electrons. The van der Waals surface area contributed by atoms with Gasteiger partial charge in [0, 0.05) is 30.8 Å². The summed E-state index contributed by atoms with van der Waals surface area (Å²) in [5.41, 5.74) is 1.41. The van der Waals surface area contributed by atoms with Crippen LogP contribution in [0.15, 0.2) is 36.7 Å². The van der Waals surface area contributed by atoms with Gasteiger partial charge in [0.05, 0.1) is 18.7 Å². The molecule has 2 aromatic rings. The van der Waals surface area contributed by atoms with E-state index in [1.165, 1.54) is 6.07 Å². The van der Waals surface area contributed by atoms with Crippen molar-refractivity contribution in [1.82, 2.24) is 15.5 Å². The van der Waals surface area contributed by atoms with Gasteiger partial charge in [-0.1, -0.05) is 18.2 Å². The molecule has 3 rings (SSSR count). The van der Waals surface area contributed by atoms with Gasteiger partial charge in [-0.05, 0) is 24.5 Å². The van der Waals surface area contributed by atoms with Crippen LogP contribution in [-0.2, 0) is 16.0 Å². The molecule has 0 spiro atoms. The predicted molar refractivity (Wildman–Crippen MR) is 83.1 cm³/mol. The number of hydrogen-bond acceptors (Lipinski definition) is 3. The number of nitrogens with one attached hydrogen (secondary N) is 2. The number of nitrogens with zero attached hydrogens (tertiary/aromatic N) is 1. The number of benzene rings is 1. The molecule has 1 aromatic heterocycles. The SMILES string of the molecule is O=C(Cc1ccccc1F)NC[C@@H]1CCCO[C@H]1c1cn[nH]c1. The Balaban J connectivity index is 1.56. The molecule has 6 heteroatoms. The van der Waals surface area contributed by atoms with Crippen molar-refractivity contribution in [2.45, 2.75) is 25.4 Å². The number of aromatic amines is 1. The molecule has 1 aliphatic heterocycles. The Morgan fingerprint density at radius 2 is 2.30 bits per heavy atom. The Morgan fingerprint density at radius 1 is 1.43 bits per heavy atom. The zero-order valence-electron chi connectivity index (χ0n) is 12.8. The first-order valence-electron chi connectivity index (χ1n) is 7.84. The highest BCUT2D eigenvalue weighted by atomic mass is 19.1. The molecule has 1 aliphatic rings. The summed E-state index contributed by atoms with van der Waals surface area (Å²) in [6.07, 6.45) is 5.53. The smallest absolute Gasteiger partial charge is 0.224 e. The average Bonchev–Trinajstić information content (AvgIpc) is 3.10. The maximum Gasteiger partial charge on any atom is 0.224 e. The summed E-state index contributed by atoms with van der Waals surface area (Å²) in [6.45, 7) is 1.23. The van der Waals surface area contributed by atoms with Crippen LogP contribution in [0.2, 0.25) is 0 Å². The van der Waals surface area contributed by atoms with E-state index in [0.717, 1.165) is 25.0 Å². The van der Waals surface area contributed by atoms with Gasteiger partial charge in [-0.3, -0.25) is 9.89 Å². The molecule has 1 amide bonds. The highest BCUT2D eigenvalue weighted by Crippen LogP contribution is 2.32. The van der Waals surface area contributed by atoms with Crippen molar-refractivity contribution in [3.63, 3.8) is 0 Å². The van der Waals surface area contributed by atoms with Gasteiger partial charge < -0.3 is 10.1 Å². The molecule has 0 bridgehead atoms. The third-order valence-electron chi connectivity index (χ3n) is 4.16. The molecule has 2 heterocycles. The van der Waals surface area contributed by atoms with E-state index in [4.69, 9.17) is 4.74 Å². The zero-order chi connectivity index (χ0) is 16.1. The van der Waals surface area contributed by atoms with Gasteiger partial charge >= 0.3 is 0 Å². The van der Waals surface area contributed by atoms with E-state index in [2.05, 4.69) is 15.5 Å². The first-order valence-corrected chi connectivity index (χ1v) is 7.84. The molecule has 0 radical (unpaired) electrons. The van der Waals surface area contributed by atoms with Gasteiger partial charge in [-0.15, -0.1) is 0 Å². The minimum absolute atomic E-state index is 0.0522. The van der Waals surface area contributed by atoms with E-state index < -0.39 is 0 Å². The van der Waals surface area contributed by atoms with Crippen LogP contribution in [0.5, 0.6) is 0 Å². The number of aromatic nitrogens is 2. The minimum Gasteiger partial charge on any atom is -0.373 e. The van der Waals surface area contributed by atoms with Gasteiger partial charge in [-0.25, -0.2) is 4.39 Å². The molecular weight excluding hydrogens is 297 g/mol. The number of H-pyrrole nitrogens is 1. The summed E-state index contributed by atoms with van der Waals surface area (Å²) in [5.74, 6) is -0.322. The number of hydrogen-bond donors (Lipinski definition) is 2. The van der Waals surface area contributed by atoms with E-state index in [0.29, 0.717) is 12.1 Å². The van der Waals surface area contributed by atoms with Gasteiger partial charge in [0.1, 0.15) is 5.82 Å². The van der Waals surface area contributed by atoms with Crippen molar-refractivity contribution in [2.75, 3.05) is 13.2 Å². The van der Waals surface area contributed by atoms with Gasteiger partial charge in [0.25, 0.3) is 0 Å². The molecular formula is C17H20FN3O2. The highest BCUT2D eigenvalue weighted by Gasteiger charge is 2.28.